The number of anilines is 1. The van der Waals surface area contributed by atoms with Crippen LogP contribution in [0, 0.1) is 17.2 Å². The molecule has 2 heteroatoms. The zero-order valence-electron chi connectivity index (χ0n) is 11.7. The van der Waals surface area contributed by atoms with Gasteiger partial charge >= 0.3 is 0 Å². The quantitative estimate of drug-likeness (QED) is 0.823. The molecule has 0 N–H and O–H groups in total. The number of rotatable bonds is 2. The predicted octanol–water partition coefficient (Wildman–Crippen LogP) is 3.78. The van der Waals surface area contributed by atoms with Crippen molar-refractivity contribution in [3.63, 3.8) is 0 Å². The summed E-state index contributed by atoms with van der Waals surface area (Å²) in [6, 6.07) is 21.3. The minimum atomic E-state index is -0.0508. The zero-order chi connectivity index (χ0) is 13.9. The highest BCUT2D eigenvalue weighted by Crippen LogP contribution is 2.34. The van der Waals surface area contributed by atoms with E-state index in [1.165, 1.54) is 16.8 Å². The van der Waals surface area contributed by atoms with Crippen molar-refractivity contribution in [1.82, 2.24) is 0 Å². The van der Waals surface area contributed by atoms with Crippen LogP contribution < -0.4 is 4.90 Å². The molecule has 0 saturated carbocycles. The number of hydrogen-bond donors (Lipinski definition) is 0. The monoisotopic (exact) mass is 262 g/mol. The lowest BCUT2D eigenvalue weighted by atomic mass is 9.87. The molecule has 0 aliphatic carbocycles. The van der Waals surface area contributed by atoms with Gasteiger partial charge in [0.2, 0.25) is 0 Å². The van der Waals surface area contributed by atoms with Gasteiger partial charge < -0.3 is 4.90 Å². The molecule has 1 heterocycles. The van der Waals surface area contributed by atoms with E-state index in [0.717, 1.165) is 13.0 Å². The third-order valence-corrected chi connectivity index (χ3v) is 4.05. The predicted molar refractivity (Wildman–Crippen MR) is 81.3 cm³/mol. The van der Waals surface area contributed by atoms with E-state index in [2.05, 4.69) is 66.4 Å². The molecule has 20 heavy (non-hydrogen) atoms. The molecule has 0 bridgehead atoms. The van der Waals surface area contributed by atoms with Crippen molar-refractivity contribution >= 4 is 5.69 Å². The van der Waals surface area contributed by atoms with Crippen molar-refractivity contribution in [3.8, 4) is 6.07 Å². The largest absolute Gasteiger partial charge is 0.351 e. The third kappa shape index (κ3) is 2.28. The van der Waals surface area contributed by atoms with Crippen LogP contribution in [0.15, 0.2) is 54.6 Å². The third-order valence-electron chi connectivity index (χ3n) is 4.05. The molecule has 2 aromatic carbocycles. The summed E-state index contributed by atoms with van der Waals surface area (Å²) in [6.45, 7) is 2.96. The van der Waals surface area contributed by atoms with Crippen LogP contribution in [0.25, 0.3) is 0 Å². The Bertz CT molecular complexity index is 627. The van der Waals surface area contributed by atoms with Gasteiger partial charge in [-0.3, -0.25) is 0 Å². The molecule has 3 rings (SSSR count). The SMILES string of the molecule is C[C@@H]1Cc2ccccc2N(Cc2ccccc2)[C@@H]1C#N. The van der Waals surface area contributed by atoms with Gasteiger partial charge in [-0.25, -0.2) is 0 Å². The van der Waals surface area contributed by atoms with E-state index in [9.17, 15) is 5.26 Å². The molecule has 100 valence electrons. The van der Waals surface area contributed by atoms with Gasteiger partial charge in [-0.15, -0.1) is 0 Å². The second kappa shape index (κ2) is 5.38. The lowest BCUT2D eigenvalue weighted by Gasteiger charge is -2.39. The smallest absolute Gasteiger partial charge is 0.120 e. The molecular weight excluding hydrogens is 244 g/mol. The van der Waals surface area contributed by atoms with Crippen LogP contribution in [0.1, 0.15) is 18.1 Å². The first-order valence-corrected chi connectivity index (χ1v) is 7.07. The molecule has 2 aromatic rings. The number of nitrogens with zero attached hydrogens (tertiary/aromatic N) is 2. The Kier molecular flexibility index (Phi) is 3.43. The maximum atomic E-state index is 9.54. The Balaban J connectivity index is 1.99. The number of fused-ring (bicyclic) bond motifs is 1. The summed E-state index contributed by atoms with van der Waals surface area (Å²) in [5.41, 5.74) is 3.81. The Morgan fingerprint density at radius 2 is 1.80 bits per heavy atom. The Morgan fingerprint density at radius 1 is 1.10 bits per heavy atom. The number of benzene rings is 2. The van der Waals surface area contributed by atoms with Gasteiger partial charge in [0.05, 0.1) is 6.07 Å². The fourth-order valence-corrected chi connectivity index (χ4v) is 3.04. The summed E-state index contributed by atoms with van der Waals surface area (Å²) in [7, 11) is 0. The fraction of sp³-hybridized carbons (Fsp3) is 0.278. The zero-order valence-corrected chi connectivity index (χ0v) is 11.7. The summed E-state index contributed by atoms with van der Waals surface area (Å²) in [5, 5.41) is 9.54. The summed E-state index contributed by atoms with van der Waals surface area (Å²) >= 11 is 0. The van der Waals surface area contributed by atoms with Crippen LogP contribution in [0.3, 0.4) is 0 Å². The van der Waals surface area contributed by atoms with Gasteiger partial charge in [0, 0.05) is 12.2 Å². The standard InChI is InChI=1S/C18H18N2/c1-14-11-16-9-5-6-10-17(16)20(18(14)12-19)13-15-7-3-2-4-8-15/h2-10,14,18H,11,13H2,1H3/t14-,18-/m1/s1. The van der Waals surface area contributed by atoms with Crippen LogP contribution in [0.5, 0.6) is 0 Å². The van der Waals surface area contributed by atoms with Gasteiger partial charge in [-0.2, -0.15) is 5.26 Å². The second-order valence-electron chi connectivity index (χ2n) is 5.50. The van der Waals surface area contributed by atoms with Crippen LogP contribution in [0.2, 0.25) is 0 Å². The van der Waals surface area contributed by atoms with Crippen LogP contribution in [-0.2, 0) is 13.0 Å². The normalized spacial score (nSPS) is 21.1. The van der Waals surface area contributed by atoms with E-state index in [1.54, 1.807) is 0 Å². The minimum absolute atomic E-state index is 0.0508. The van der Waals surface area contributed by atoms with E-state index in [0.29, 0.717) is 5.92 Å². The van der Waals surface area contributed by atoms with Crippen molar-refractivity contribution in [2.75, 3.05) is 4.90 Å². The van der Waals surface area contributed by atoms with Gasteiger partial charge in [-0.05, 0) is 29.5 Å². The molecule has 1 aliphatic rings. The van der Waals surface area contributed by atoms with Gasteiger partial charge in [-0.1, -0.05) is 55.5 Å². The molecular formula is C18H18N2. The second-order valence-corrected chi connectivity index (χ2v) is 5.50. The first-order valence-electron chi connectivity index (χ1n) is 7.07. The highest BCUT2D eigenvalue weighted by molar-refractivity contribution is 5.58. The number of nitriles is 1. The molecule has 2 atom stereocenters. The molecule has 0 spiro atoms. The Labute approximate surface area is 120 Å². The molecule has 0 radical (unpaired) electrons. The maximum Gasteiger partial charge on any atom is 0.120 e. The van der Waals surface area contributed by atoms with Gasteiger partial charge in [0.15, 0.2) is 0 Å². The summed E-state index contributed by atoms with van der Waals surface area (Å²) < 4.78 is 0. The molecule has 0 amide bonds. The van der Waals surface area contributed by atoms with Crippen LogP contribution >= 0.6 is 0 Å². The van der Waals surface area contributed by atoms with Crippen molar-refractivity contribution in [3.05, 3.63) is 65.7 Å². The van der Waals surface area contributed by atoms with Gasteiger partial charge in [0.1, 0.15) is 6.04 Å². The average Bonchev–Trinajstić information content (AvgIpc) is 2.48. The molecule has 0 unspecified atom stereocenters. The van der Waals surface area contributed by atoms with E-state index in [-0.39, 0.29) is 6.04 Å². The maximum absolute atomic E-state index is 9.54. The lowest BCUT2D eigenvalue weighted by Crippen LogP contribution is -2.43. The Morgan fingerprint density at radius 3 is 2.55 bits per heavy atom. The van der Waals surface area contributed by atoms with Gasteiger partial charge in [0.25, 0.3) is 0 Å². The highest BCUT2D eigenvalue weighted by atomic mass is 15.2. The van der Waals surface area contributed by atoms with E-state index >= 15 is 0 Å². The molecule has 0 saturated heterocycles. The molecule has 1 aliphatic heterocycles. The average molecular weight is 262 g/mol. The van der Waals surface area contributed by atoms with Crippen LogP contribution in [0.4, 0.5) is 5.69 Å². The topological polar surface area (TPSA) is 27.0 Å². The first kappa shape index (κ1) is 12.7. The van der Waals surface area contributed by atoms with Crippen molar-refractivity contribution < 1.29 is 0 Å². The summed E-state index contributed by atoms with van der Waals surface area (Å²) in [4.78, 5) is 2.25. The highest BCUT2D eigenvalue weighted by Gasteiger charge is 2.31. The first-order chi connectivity index (χ1) is 9.79. The van der Waals surface area contributed by atoms with E-state index in [4.69, 9.17) is 0 Å². The van der Waals surface area contributed by atoms with Crippen molar-refractivity contribution in [2.45, 2.75) is 25.9 Å². The molecule has 2 nitrogen and oxygen atoms in total. The van der Waals surface area contributed by atoms with E-state index in [1.807, 2.05) is 6.07 Å². The molecule has 0 aromatic heterocycles. The molecule has 0 fully saturated rings. The van der Waals surface area contributed by atoms with Crippen molar-refractivity contribution in [2.24, 2.45) is 5.92 Å². The number of para-hydroxylation sites is 1. The summed E-state index contributed by atoms with van der Waals surface area (Å²) in [6.07, 6.45) is 0.986. The van der Waals surface area contributed by atoms with Crippen LogP contribution in [-0.4, -0.2) is 6.04 Å². The fourth-order valence-electron chi connectivity index (χ4n) is 3.04. The lowest BCUT2D eigenvalue weighted by molar-refractivity contribution is 0.463. The van der Waals surface area contributed by atoms with Crippen molar-refractivity contribution in [1.29, 1.82) is 5.26 Å². The Hall–Kier alpha value is -2.27. The summed E-state index contributed by atoms with van der Waals surface area (Å²) in [5.74, 6) is 0.360. The van der Waals surface area contributed by atoms with E-state index < -0.39 is 0 Å². The minimum Gasteiger partial charge on any atom is -0.351 e. The number of hydrogen-bond acceptors (Lipinski definition) is 2.